The highest BCUT2D eigenvalue weighted by molar-refractivity contribution is 9.10. The van der Waals surface area contributed by atoms with E-state index < -0.39 is 5.97 Å². The third kappa shape index (κ3) is 1.53. The number of nitrogens with zero attached hydrogens (tertiary/aromatic N) is 2. The van der Waals surface area contributed by atoms with Gasteiger partial charge in [-0.1, -0.05) is 0 Å². The Balaban J connectivity index is 3.37. The molecule has 0 spiro atoms. The number of nitrogens with two attached hydrogens (primary N) is 1. The normalized spacial score (nSPS) is 9.83. The van der Waals surface area contributed by atoms with E-state index in [9.17, 15) is 4.79 Å². The van der Waals surface area contributed by atoms with Crippen molar-refractivity contribution in [3.8, 4) is 0 Å². The maximum absolute atomic E-state index is 10.6. The average Bonchev–Trinajstić information content (AvgIpc) is 1.96. The van der Waals surface area contributed by atoms with Crippen molar-refractivity contribution in [1.82, 2.24) is 9.97 Å². The van der Waals surface area contributed by atoms with Crippen LogP contribution in [0.3, 0.4) is 0 Å². The van der Waals surface area contributed by atoms with Crippen molar-refractivity contribution in [2.45, 2.75) is 6.92 Å². The third-order valence-electron chi connectivity index (χ3n) is 1.31. The molecule has 1 rings (SSSR count). The number of halogens is 1. The molecule has 5 nitrogen and oxygen atoms in total. The van der Waals surface area contributed by atoms with Gasteiger partial charge in [0.15, 0.2) is 5.69 Å². The molecule has 1 heterocycles. The van der Waals surface area contributed by atoms with Gasteiger partial charge in [0.2, 0.25) is 5.95 Å². The zero-order chi connectivity index (χ0) is 9.30. The number of aromatic carboxylic acids is 1. The van der Waals surface area contributed by atoms with Crippen molar-refractivity contribution in [1.29, 1.82) is 0 Å². The van der Waals surface area contributed by atoms with E-state index in [0.717, 1.165) is 0 Å². The Morgan fingerprint density at radius 3 is 2.67 bits per heavy atom. The molecule has 0 atom stereocenters. The summed E-state index contributed by atoms with van der Waals surface area (Å²) in [5, 5.41) is 8.65. The Bertz CT molecular complexity index is 340. The second kappa shape index (κ2) is 3.06. The second-order valence-electron chi connectivity index (χ2n) is 2.15. The summed E-state index contributed by atoms with van der Waals surface area (Å²) in [6.45, 7) is 1.60. The van der Waals surface area contributed by atoms with Crippen LogP contribution in [-0.2, 0) is 0 Å². The third-order valence-corrected chi connectivity index (χ3v) is 2.08. The number of anilines is 1. The molecule has 64 valence electrons. The van der Waals surface area contributed by atoms with Gasteiger partial charge in [0.25, 0.3) is 0 Å². The van der Waals surface area contributed by atoms with Gasteiger partial charge in [-0.25, -0.2) is 14.8 Å². The molecule has 0 unspecified atom stereocenters. The quantitative estimate of drug-likeness (QED) is 0.700. The Morgan fingerprint density at radius 1 is 1.58 bits per heavy atom. The number of carboxylic acid groups (broad SMARTS) is 1. The van der Waals surface area contributed by atoms with Crippen LogP contribution in [0, 0.1) is 6.92 Å². The number of rotatable bonds is 1. The summed E-state index contributed by atoms with van der Waals surface area (Å²) in [7, 11) is 0. The lowest BCUT2D eigenvalue weighted by Gasteiger charge is -2.01. The smallest absolute Gasteiger partial charge is 0.355 e. The number of aromatic nitrogens is 2. The molecule has 0 fully saturated rings. The highest BCUT2D eigenvalue weighted by Gasteiger charge is 2.13. The largest absolute Gasteiger partial charge is 0.476 e. The first-order chi connectivity index (χ1) is 5.52. The van der Waals surface area contributed by atoms with Gasteiger partial charge >= 0.3 is 5.97 Å². The summed E-state index contributed by atoms with van der Waals surface area (Å²) >= 11 is 3.07. The van der Waals surface area contributed by atoms with Crippen LogP contribution >= 0.6 is 15.9 Å². The highest BCUT2D eigenvalue weighted by Crippen LogP contribution is 2.16. The molecule has 0 aromatic carbocycles. The minimum Gasteiger partial charge on any atom is -0.476 e. The van der Waals surface area contributed by atoms with E-state index in [4.69, 9.17) is 10.8 Å². The minimum absolute atomic E-state index is 0.0510. The molecule has 0 saturated carbocycles. The van der Waals surface area contributed by atoms with Crippen molar-refractivity contribution in [3.63, 3.8) is 0 Å². The van der Waals surface area contributed by atoms with Crippen molar-refractivity contribution in [2.24, 2.45) is 0 Å². The fraction of sp³-hybridized carbons (Fsp3) is 0.167. The van der Waals surface area contributed by atoms with E-state index in [2.05, 4.69) is 25.9 Å². The molecule has 0 amide bonds. The molecular formula is C6H6BrN3O2. The van der Waals surface area contributed by atoms with Gasteiger partial charge in [-0.3, -0.25) is 0 Å². The zero-order valence-corrected chi connectivity index (χ0v) is 7.79. The number of hydrogen-bond acceptors (Lipinski definition) is 4. The Hall–Kier alpha value is -1.17. The maximum atomic E-state index is 10.6. The van der Waals surface area contributed by atoms with Gasteiger partial charge in [-0.05, 0) is 22.9 Å². The molecule has 0 aliphatic carbocycles. The van der Waals surface area contributed by atoms with Gasteiger partial charge in [-0.2, -0.15) is 0 Å². The maximum Gasteiger partial charge on any atom is 0.355 e. The minimum atomic E-state index is -1.11. The van der Waals surface area contributed by atoms with Gasteiger partial charge in [-0.15, -0.1) is 0 Å². The van der Waals surface area contributed by atoms with Gasteiger partial charge < -0.3 is 10.8 Å². The summed E-state index contributed by atoms with van der Waals surface area (Å²) in [4.78, 5) is 17.9. The van der Waals surface area contributed by atoms with Gasteiger partial charge in [0, 0.05) is 5.56 Å². The highest BCUT2D eigenvalue weighted by atomic mass is 79.9. The number of nitrogen functional groups attached to an aromatic ring is 1. The first kappa shape index (κ1) is 8.92. The van der Waals surface area contributed by atoms with Crippen LogP contribution in [0.25, 0.3) is 0 Å². The monoisotopic (exact) mass is 231 g/mol. The van der Waals surface area contributed by atoms with Crippen molar-refractivity contribution in [2.75, 3.05) is 5.73 Å². The molecule has 6 heteroatoms. The lowest BCUT2D eigenvalue weighted by molar-refractivity contribution is 0.0689. The molecule has 0 saturated heterocycles. The first-order valence-corrected chi connectivity index (χ1v) is 3.84. The summed E-state index contributed by atoms with van der Waals surface area (Å²) in [6, 6.07) is 0. The molecule has 12 heavy (non-hydrogen) atoms. The Labute approximate surface area is 76.8 Å². The Morgan fingerprint density at radius 2 is 2.17 bits per heavy atom. The van der Waals surface area contributed by atoms with Gasteiger partial charge in [0.1, 0.15) is 4.60 Å². The molecule has 1 aromatic rings. The summed E-state index contributed by atoms with van der Waals surface area (Å²) in [5.74, 6) is -1.16. The molecular weight excluding hydrogens is 226 g/mol. The van der Waals surface area contributed by atoms with Crippen molar-refractivity contribution >= 4 is 27.8 Å². The molecule has 0 aliphatic heterocycles. The van der Waals surface area contributed by atoms with Crippen LogP contribution in [0.5, 0.6) is 0 Å². The first-order valence-electron chi connectivity index (χ1n) is 3.05. The molecule has 1 aromatic heterocycles. The molecule has 0 radical (unpaired) electrons. The lowest BCUT2D eigenvalue weighted by Crippen LogP contribution is -2.08. The topological polar surface area (TPSA) is 89.1 Å². The van der Waals surface area contributed by atoms with E-state index in [0.29, 0.717) is 10.2 Å². The molecule has 0 aliphatic rings. The second-order valence-corrected chi connectivity index (χ2v) is 2.90. The fourth-order valence-electron chi connectivity index (χ4n) is 0.714. The van der Waals surface area contributed by atoms with E-state index in [1.165, 1.54) is 0 Å². The standard InChI is InChI=1S/C6H6BrN3O2/c1-2-3(5(11)12)9-6(8)10-4(2)7/h1H3,(H,11,12)(H2,8,9,10). The van der Waals surface area contributed by atoms with Crippen LogP contribution in [-0.4, -0.2) is 21.0 Å². The fourth-order valence-corrected chi connectivity index (χ4v) is 1.08. The Kier molecular flexibility index (Phi) is 2.27. The van der Waals surface area contributed by atoms with Gasteiger partial charge in [0.05, 0.1) is 0 Å². The summed E-state index contributed by atoms with van der Waals surface area (Å²) in [5.41, 5.74) is 5.65. The predicted molar refractivity (Wildman–Crippen MR) is 45.8 cm³/mol. The number of hydrogen-bond donors (Lipinski definition) is 2. The van der Waals surface area contributed by atoms with E-state index in [-0.39, 0.29) is 11.6 Å². The predicted octanol–water partition coefficient (Wildman–Crippen LogP) is 0.828. The van der Waals surface area contributed by atoms with Crippen LogP contribution in [0.2, 0.25) is 0 Å². The van der Waals surface area contributed by atoms with Crippen LogP contribution in [0.1, 0.15) is 16.1 Å². The van der Waals surface area contributed by atoms with Crippen molar-refractivity contribution < 1.29 is 9.90 Å². The average molecular weight is 232 g/mol. The molecule has 0 bridgehead atoms. The van der Waals surface area contributed by atoms with Crippen LogP contribution in [0.15, 0.2) is 4.60 Å². The summed E-state index contributed by atoms with van der Waals surface area (Å²) < 4.78 is 0.410. The molecule has 3 N–H and O–H groups in total. The van der Waals surface area contributed by atoms with E-state index >= 15 is 0 Å². The number of carbonyl (C=O) groups is 1. The van der Waals surface area contributed by atoms with Crippen molar-refractivity contribution in [3.05, 3.63) is 15.9 Å². The lowest BCUT2D eigenvalue weighted by atomic mass is 10.2. The zero-order valence-electron chi connectivity index (χ0n) is 6.21. The van der Waals surface area contributed by atoms with E-state index in [1.54, 1.807) is 6.92 Å². The van der Waals surface area contributed by atoms with Crippen LogP contribution in [0.4, 0.5) is 5.95 Å². The van der Waals surface area contributed by atoms with E-state index in [1.807, 2.05) is 0 Å². The SMILES string of the molecule is Cc1c(Br)nc(N)nc1C(=O)O. The summed E-state index contributed by atoms with van der Waals surface area (Å²) in [6.07, 6.45) is 0. The number of carboxylic acids is 1. The van der Waals surface area contributed by atoms with Crippen LogP contribution < -0.4 is 5.73 Å².